The Kier molecular flexibility index (Phi) is 5.35. The lowest BCUT2D eigenvalue weighted by molar-refractivity contribution is 0.0520. The third kappa shape index (κ3) is 4.18. The lowest BCUT2D eigenvalue weighted by Gasteiger charge is -2.11. The van der Waals surface area contributed by atoms with Crippen molar-refractivity contribution in [2.75, 3.05) is 5.32 Å². The van der Waals surface area contributed by atoms with Gasteiger partial charge in [0.1, 0.15) is 5.69 Å². The number of carbonyl (C=O) groups excluding carboxylic acids is 1. The van der Waals surface area contributed by atoms with Gasteiger partial charge in [0.15, 0.2) is 0 Å². The number of halogens is 3. The third-order valence-electron chi connectivity index (χ3n) is 3.26. The SMILES string of the molecule is O=C(Nc1ccccc1Sc1ccc(Cl)cc1)c1ccnn1C(F)F. The van der Waals surface area contributed by atoms with E-state index in [1.54, 1.807) is 24.3 Å². The minimum Gasteiger partial charge on any atom is -0.320 e. The molecule has 1 amide bonds. The van der Waals surface area contributed by atoms with Gasteiger partial charge in [-0.25, -0.2) is 0 Å². The maximum atomic E-state index is 12.9. The molecular formula is C17H12ClF2N3OS. The monoisotopic (exact) mass is 379 g/mol. The van der Waals surface area contributed by atoms with E-state index in [4.69, 9.17) is 11.6 Å². The molecule has 1 N–H and O–H groups in total. The van der Waals surface area contributed by atoms with Crippen LogP contribution in [0, 0.1) is 0 Å². The fourth-order valence-electron chi connectivity index (χ4n) is 2.12. The minimum atomic E-state index is -2.88. The van der Waals surface area contributed by atoms with Crippen molar-refractivity contribution in [3.05, 3.63) is 71.5 Å². The van der Waals surface area contributed by atoms with E-state index < -0.39 is 12.5 Å². The topological polar surface area (TPSA) is 46.9 Å². The summed E-state index contributed by atoms with van der Waals surface area (Å²) in [6, 6.07) is 15.6. The first kappa shape index (κ1) is 17.4. The second-order valence-electron chi connectivity index (χ2n) is 4.94. The molecule has 0 aliphatic rings. The van der Waals surface area contributed by atoms with Crippen molar-refractivity contribution in [3.8, 4) is 0 Å². The Labute approximate surface area is 151 Å². The van der Waals surface area contributed by atoms with Crippen LogP contribution in [-0.2, 0) is 0 Å². The van der Waals surface area contributed by atoms with E-state index in [9.17, 15) is 13.6 Å². The minimum absolute atomic E-state index is 0.207. The van der Waals surface area contributed by atoms with Crippen LogP contribution < -0.4 is 5.32 Å². The number of carbonyl (C=O) groups is 1. The molecule has 3 rings (SSSR count). The molecular weight excluding hydrogens is 368 g/mol. The Morgan fingerprint density at radius 1 is 1.12 bits per heavy atom. The number of para-hydroxylation sites is 1. The van der Waals surface area contributed by atoms with Crippen LogP contribution in [0.25, 0.3) is 0 Å². The van der Waals surface area contributed by atoms with Crippen molar-refractivity contribution >= 4 is 35.0 Å². The van der Waals surface area contributed by atoms with Crippen molar-refractivity contribution in [1.29, 1.82) is 0 Å². The van der Waals surface area contributed by atoms with Gasteiger partial charge in [-0.2, -0.15) is 18.6 Å². The molecule has 3 aromatic rings. The molecule has 128 valence electrons. The van der Waals surface area contributed by atoms with Gasteiger partial charge in [-0.05, 0) is 42.5 Å². The van der Waals surface area contributed by atoms with Crippen molar-refractivity contribution < 1.29 is 13.6 Å². The molecule has 0 unspecified atom stereocenters. The van der Waals surface area contributed by atoms with Crippen LogP contribution in [0.15, 0.2) is 70.6 Å². The van der Waals surface area contributed by atoms with Crippen LogP contribution in [0.2, 0.25) is 5.02 Å². The van der Waals surface area contributed by atoms with Gasteiger partial charge in [0.05, 0.1) is 5.69 Å². The average Bonchev–Trinajstić information content (AvgIpc) is 3.09. The summed E-state index contributed by atoms with van der Waals surface area (Å²) in [6.07, 6.45) is 1.16. The molecule has 0 radical (unpaired) electrons. The van der Waals surface area contributed by atoms with Gasteiger partial charge in [0, 0.05) is 21.0 Å². The highest BCUT2D eigenvalue weighted by atomic mass is 35.5. The van der Waals surface area contributed by atoms with Crippen molar-refractivity contribution in [2.24, 2.45) is 0 Å². The molecule has 0 atom stereocenters. The molecule has 0 spiro atoms. The van der Waals surface area contributed by atoms with Crippen LogP contribution in [0.3, 0.4) is 0 Å². The van der Waals surface area contributed by atoms with Crippen LogP contribution >= 0.6 is 23.4 Å². The zero-order valence-electron chi connectivity index (χ0n) is 12.7. The molecule has 25 heavy (non-hydrogen) atoms. The molecule has 0 saturated carbocycles. The first-order valence-electron chi connectivity index (χ1n) is 7.20. The molecule has 0 bridgehead atoms. The first-order chi connectivity index (χ1) is 12.0. The van der Waals surface area contributed by atoms with E-state index >= 15 is 0 Å². The van der Waals surface area contributed by atoms with E-state index in [1.807, 2.05) is 24.3 Å². The summed E-state index contributed by atoms with van der Waals surface area (Å²) in [5.41, 5.74) is 0.316. The summed E-state index contributed by atoms with van der Waals surface area (Å²) in [5.74, 6) is -0.651. The standard InChI is InChI=1S/C17H12ClF2N3OS/c18-11-5-7-12(8-6-11)25-15-4-2-1-3-13(15)22-16(24)14-9-10-21-23(14)17(19)20/h1-10,17H,(H,22,24). The van der Waals surface area contributed by atoms with Crippen LogP contribution in [0.4, 0.5) is 14.5 Å². The van der Waals surface area contributed by atoms with Gasteiger partial charge in [-0.3, -0.25) is 4.79 Å². The number of hydrogen-bond acceptors (Lipinski definition) is 3. The van der Waals surface area contributed by atoms with Gasteiger partial charge in [0.25, 0.3) is 5.91 Å². The number of alkyl halides is 2. The summed E-state index contributed by atoms with van der Waals surface area (Å²) in [7, 11) is 0. The van der Waals surface area contributed by atoms with E-state index in [2.05, 4.69) is 10.4 Å². The van der Waals surface area contributed by atoms with Crippen LogP contribution in [0.5, 0.6) is 0 Å². The number of aromatic nitrogens is 2. The van der Waals surface area contributed by atoms with Crippen molar-refractivity contribution in [1.82, 2.24) is 9.78 Å². The largest absolute Gasteiger partial charge is 0.333 e. The highest BCUT2D eigenvalue weighted by Crippen LogP contribution is 2.34. The predicted octanol–water partition coefficient (Wildman–Crippen LogP) is 5.34. The average molecular weight is 380 g/mol. The van der Waals surface area contributed by atoms with E-state index in [1.165, 1.54) is 17.8 Å². The quantitative estimate of drug-likeness (QED) is 0.651. The Hall–Kier alpha value is -2.38. The van der Waals surface area contributed by atoms with Crippen LogP contribution in [0.1, 0.15) is 17.0 Å². The molecule has 1 aromatic heterocycles. The zero-order chi connectivity index (χ0) is 17.8. The molecule has 1 heterocycles. The lowest BCUT2D eigenvalue weighted by atomic mass is 10.3. The summed E-state index contributed by atoms with van der Waals surface area (Å²) in [4.78, 5) is 14.0. The predicted molar refractivity (Wildman–Crippen MR) is 93.5 cm³/mol. The molecule has 0 fully saturated rings. The zero-order valence-corrected chi connectivity index (χ0v) is 14.3. The van der Waals surface area contributed by atoms with Crippen molar-refractivity contribution in [2.45, 2.75) is 16.3 Å². The van der Waals surface area contributed by atoms with Gasteiger partial charge in [-0.15, -0.1) is 0 Å². The molecule has 0 aliphatic heterocycles. The number of hydrogen-bond donors (Lipinski definition) is 1. The number of nitrogens with one attached hydrogen (secondary N) is 1. The molecule has 0 aliphatic carbocycles. The van der Waals surface area contributed by atoms with E-state index in [-0.39, 0.29) is 5.69 Å². The molecule has 0 saturated heterocycles. The van der Waals surface area contributed by atoms with Gasteiger partial charge >= 0.3 is 6.55 Å². The lowest BCUT2D eigenvalue weighted by Crippen LogP contribution is -2.18. The van der Waals surface area contributed by atoms with E-state index in [0.717, 1.165) is 16.0 Å². The fraction of sp³-hybridized carbons (Fsp3) is 0.0588. The summed E-state index contributed by atoms with van der Waals surface area (Å²) in [5, 5.41) is 6.76. The Morgan fingerprint density at radius 3 is 2.56 bits per heavy atom. The van der Waals surface area contributed by atoms with Gasteiger partial charge in [-0.1, -0.05) is 35.5 Å². The Morgan fingerprint density at radius 2 is 1.84 bits per heavy atom. The third-order valence-corrected chi connectivity index (χ3v) is 4.60. The second-order valence-corrected chi connectivity index (χ2v) is 6.50. The van der Waals surface area contributed by atoms with Crippen molar-refractivity contribution in [3.63, 3.8) is 0 Å². The van der Waals surface area contributed by atoms with Gasteiger partial charge in [0.2, 0.25) is 0 Å². The molecule has 4 nitrogen and oxygen atoms in total. The van der Waals surface area contributed by atoms with Gasteiger partial charge < -0.3 is 5.32 Å². The number of rotatable bonds is 5. The second kappa shape index (κ2) is 7.67. The number of nitrogens with zero attached hydrogens (tertiary/aromatic N) is 2. The summed E-state index contributed by atoms with van der Waals surface area (Å²) in [6.45, 7) is -2.88. The number of benzene rings is 2. The Bertz CT molecular complexity index is 884. The summed E-state index contributed by atoms with van der Waals surface area (Å²) >= 11 is 7.31. The van der Waals surface area contributed by atoms with Crippen LogP contribution in [-0.4, -0.2) is 15.7 Å². The summed E-state index contributed by atoms with van der Waals surface area (Å²) < 4.78 is 26.1. The smallest absolute Gasteiger partial charge is 0.320 e. The van der Waals surface area contributed by atoms with E-state index in [0.29, 0.717) is 15.4 Å². The molecule has 2 aromatic carbocycles. The maximum absolute atomic E-state index is 12.9. The number of anilines is 1. The normalized spacial score (nSPS) is 10.9. The highest BCUT2D eigenvalue weighted by Gasteiger charge is 2.18. The highest BCUT2D eigenvalue weighted by molar-refractivity contribution is 7.99. The molecule has 8 heteroatoms. The first-order valence-corrected chi connectivity index (χ1v) is 8.39. The Balaban J connectivity index is 1.82. The number of amides is 1. The maximum Gasteiger partial charge on any atom is 0.333 e. The fourth-order valence-corrected chi connectivity index (χ4v) is 3.15.